The highest BCUT2D eigenvalue weighted by molar-refractivity contribution is 6.30. The molecule has 2 aromatic carbocycles. The quantitative estimate of drug-likeness (QED) is 0.399. The average molecular weight is 402 g/mol. The Balaban J connectivity index is 1.61. The number of hydrogen-bond acceptors (Lipinski definition) is 4. The molecule has 1 N–H and O–H groups in total. The monoisotopic (exact) mass is 401 g/mol. The SMILES string of the molecule is O=C(N/N=C\c1cn(-c2ccccc2)nc1-c1ccncc1)c1ccc(Cl)cc1. The second kappa shape index (κ2) is 8.50. The van der Waals surface area contributed by atoms with E-state index in [4.69, 9.17) is 11.6 Å². The molecule has 7 heteroatoms. The van der Waals surface area contributed by atoms with Crippen molar-refractivity contribution in [2.24, 2.45) is 5.10 Å². The molecule has 1 amide bonds. The van der Waals surface area contributed by atoms with Gasteiger partial charge >= 0.3 is 0 Å². The molecule has 4 aromatic rings. The van der Waals surface area contributed by atoms with Gasteiger partial charge in [-0.15, -0.1) is 0 Å². The molecule has 0 fully saturated rings. The summed E-state index contributed by atoms with van der Waals surface area (Å²) >= 11 is 5.85. The summed E-state index contributed by atoms with van der Waals surface area (Å²) in [6.45, 7) is 0. The second-order valence-electron chi connectivity index (χ2n) is 6.16. The van der Waals surface area contributed by atoms with Crippen molar-refractivity contribution in [1.82, 2.24) is 20.2 Å². The van der Waals surface area contributed by atoms with Gasteiger partial charge in [0, 0.05) is 40.3 Å². The van der Waals surface area contributed by atoms with Crippen LogP contribution in [0.1, 0.15) is 15.9 Å². The maximum absolute atomic E-state index is 12.2. The number of carbonyl (C=O) groups is 1. The van der Waals surface area contributed by atoms with Gasteiger partial charge in [0.2, 0.25) is 0 Å². The molecule has 0 spiro atoms. The first-order valence-corrected chi connectivity index (χ1v) is 9.23. The van der Waals surface area contributed by atoms with Gasteiger partial charge in [0.15, 0.2) is 0 Å². The fourth-order valence-electron chi connectivity index (χ4n) is 2.76. The average Bonchev–Trinajstić information content (AvgIpc) is 3.19. The van der Waals surface area contributed by atoms with Gasteiger partial charge in [0.25, 0.3) is 5.91 Å². The van der Waals surface area contributed by atoms with Gasteiger partial charge in [-0.3, -0.25) is 9.78 Å². The third-order valence-corrected chi connectivity index (χ3v) is 4.45. The van der Waals surface area contributed by atoms with E-state index < -0.39 is 0 Å². The number of para-hydroxylation sites is 1. The van der Waals surface area contributed by atoms with E-state index in [1.165, 1.54) is 0 Å². The molecule has 2 aromatic heterocycles. The Morgan fingerprint density at radius 1 is 1.00 bits per heavy atom. The fraction of sp³-hybridized carbons (Fsp3) is 0. The van der Waals surface area contributed by atoms with Crippen LogP contribution < -0.4 is 5.43 Å². The van der Waals surface area contributed by atoms with Crippen molar-refractivity contribution in [2.45, 2.75) is 0 Å². The summed E-state index contributed by atoms with van der Waals surface area (Å²) in [7, 11) is 0. The number of amides is 1. The zero-order chi connectivity index (χ0) is 20.1. The smallest absolute Gasteiger partial charge is 0.267 e. The molecule has 0 aliphatic carbocycles. The number of rotatable bonds is 5. The minimum atomic E-state index is -0.321. The Hall–Kier alpha value is -3.77. The van der Waals surface area contributed by atoms with Crippen LogP contribution in [-0.4, -0.2) is 26.9 Å². The van der Waals surface area contributed by atoms with E-state index in [0.29, 0.717) is 10.6 Å². The first kappa shape index (κ1) is 18.6. The van der Waals surface area contributed by atoms with E-state index in [1.807, 2.05) is 48.7 Å². The molecule has 0 bridgehead atoms. The third kappa shape index (κ3) is 4.39. The van der Waals surface area contributed by atoms with Crippen LogP contribution in [0.2, 0.25) is 5.02 Å². The zero-order valence-electron chi connectivity index (χ0n) is 15.2. The number of nitrogens with one attached hydrogen (secondary N) is 1. The van der Waals surface area contributed by atoms with Gasteiger partial charge in [-0.2, -0.15) is 10.2 Å². The Labute approximate surface area is 172 Å². The number of pyridine rings is 1. The molecule has 29 heavy (non-hydrogen) atoms. The molecular weight excluding hydrogens is 386 g/mol. The molecule has 0 radical (unpaired) electrons. The number of aromatic nitrogens is 3. The number of carbonyl (C=O) groups excluding carboxylic acids is 1. The molecule has 0 aliphatic rings. The van der Waals surface area contributed by atoms with Crippen LogP contribution in [0.4, 0.5) is 0 Å². The lowest BCUT2D eigenvalue weighted by molar-refractivity contribution is 0.0955. The molecule has 0 saturated carbocycles. The largest absolute Gasteiger partial charge is 0.271 e. The molecule has 142 valence electrons. The minimum Gasteiger partial charge on any atom is -0.267 e. The summed E-state index contributed by atoms with van der Waals surface area (Å²) in [5, 5.41) is 9.36. The normalized spacial score (nSPS) is 10.9. The summed E-state index contributed by atoms with van der Waals surface area (Å²) in [5.41, 5.74) is 6.33. The number of hydrogen-bond donors (Lipinski definition) is 1. The van der Waals surface area contributed by atoms with Gasteiger partial charge in [0.05, 0.1) is 11.9 Å². The summed E-state index contributed by atoms with van der Waals surface area (Å²) in [6, 6.07) is 20.1. The lowest BCUT2D eigenvalue weighted by Crippen LogP contribution is -2.17. The van der Waals surface area contributed by atoms with Crippen molar-refractivity contribution >= 4 is 23.7 Å². The van der Waals surface area contributed by atoms with Crippen LogP contribution in [0.15, 0.2) is 90.4 Å². The number of hydrazone groups is 1. The van der Waals surface area contributed by atoms with Gasteiger partial charge in [-0.25, -0.2) is 10.1 Å². The second-order valence-corrected chi connectivity index (χ2v) is 6.59. The molecule has 0 saturated heterocycles. The highest BCUT2D eigenvalue weighted by atomic mass is 35.5. The lowest BCUT2D eigenvalue weighted by Gasteiger charge is -2.00. The van der Waals surface area contributed by atoms with Crippen molar-refractivity contribution in [3.8, 4) is 16.9 Å². The Bertz CT molecular complexity index is 1140. The van der Waals surface area contributed by atoms with Crippen LogP contribution in [0.5, 0.6) is 0 Å². The van der Waals surface area contributed by atoms with Gasteiger partial charge in [0.1, 0.15) is 5.69 Å². The van der Waals surface area contributed by atoms with Crippen molar-refractivity contribution in [3.63, 3.8) is 0 Å². The Kier molecular flexibility index (Phi) is 5.45. The summed E-state index contributed by atoms with van der Waals surface area (Å²) in [5.74, 6) is -0.321. The van der Waals surface area contributed by atoms with E-state index in [0.717, 1.165) is 22.5 Å². The standard InChI is InChI=1S/C22H16ClN5O/c23-19-8-6-17(7-9-19)22(29)26-25-14-18-15-28(20-4-2-1-3-5-20)27-21(18)16-10-12-24-13-11-16/h1-15H,(H,26,29)/b25-14-. The summed E-state index contributed by atoms with van der Waals surface area (Å²) in [6.07, 6.45) is 6.86. The summed E-state index contributed by atoms with van der Waals surface area (Å²) < 4.78 is 1.78. The minimum absolute atomic E-state index is 0.321. The molecular formula is C22H16ClN5O. The van der Waals surface area contributed by atoms with E-state index in [2.05, 4.69) is 20.6 Å². The number of benzene rings is 2. The third-order valence-electron chi connectivity index (χ3n) is 4.19. The van der Waals surface area contributed by atoms with Crippen molar-refractivity contribution in [1.29, 1.82) is 0 Å². The first-order valence-electron chi connectivity index (χ1n) is 8.85. The predicted molar refractivity (Wildman–Crippen MR) is 113 cm³/mol. The van der Waals surface area contributed by atoms with Crippen LogP contribution >= 0.6 is 11.6 Å². The first-order chi connectivity index (χ1) is 14.2. The Morgan fingerprint density at radius 3 is 2.45 bits per heavy atom. The molecule has 0 unspecified atom stereocenters. The van der Waals surface area contributed by atoms with Crippen molar-refractivity contribution < 1.29 is 4.79 Å². The van der Waals surface area contributed by atoms with Crippen LogP contribution in [-0.2, 0) is 0 Å². The molecule has 0 atom stereocenters. The zero-order valence-corrected chi connectivity index (χ0v) is 16.0. The van der Waals surface area contributed by atoms with Crippen molar-refractivity contribution in [3.05, 3.63) is 101 Å². The molecule has 2 heterocycles. The van der Waals surface area contributed by atoms with Crippen molar-refractivity contribution in [2.75, 3.05) is 0 Å². The van der Waals surface area contributed by atoms with Crippen LogP contribution in [0.3, 0.4) is 0 Å². The van der Waals surface area contributed by atoms with Gasteiger partial charge in [-0.1, -0.05) is 29.8 Å². The summed E-state index contributed by atoms with van der Waals surface area (Å²) in [4.78, 5) is 16.3. The molecule has 4 rings (SSSR count). The number of halogens is 1. The predicted octanol–water partition coefficient (Wildman–Crippen LogP) is 4.35. The molecule has 6 nitrogen and oxygen atoms in total. The fourth-order valence-corrected chi connectivity index (χ4v) is 2.88. The van der Waals surface area contributed by atoms with E-state index in [-0.39, 0.29) is 5.91 Å². The van der Waals surface area contributed by atoms with Gasteiger partial charge in [-0.05, 0) is 48.5 Å². The highest BCUT2D eigenvalue weighted by Gasteiger charge is 2.11. The maximum Gasteiger partial charge on any atom is 0.271 e. The Morgan fingerprint density at radius 2 is 1.72 bits per heavy atom. The van der Waals surface area contributed by atoms with Crippen LogP contribution in [0.25, 0.3) is 16.9 Å². The van der Waals surface area contributed by atoms with E-state index in [1.54, 1.807) is 47.6 Å². The topological polar surface area (TPSA) is 72.2 Å². The van der Waals surface area contributed by atoms with E-state index in [9.17, 15) is 4.79 Å². The lowest BCUT2D eigenvalue weighted by atomic mass is 10.1. The highest BCUT2D eigenvalue weighted by Crippen LogP contribution is 2.22. The van der Waals surface area contributed by atoms with Gasteiger partial charge < -0.3 is 0 Å². The molecule has 0 aliphatic heterocycles. The maximum atomic E-state index is 12.2. The number of nitrogens with zero attached hydrogens (tertiary/aromatic N) is 4. The van der Waals surface area contributed by atoms with Crippen LogP contribution in [0, 0.1) is 0 Å². The van der Waals surface area contributed by atoms with E-state index >= 15 is 0 Å².